The van der Waals surface area contributed by atoms with Crippen molar-refractivity contribution in [2.75, 3.05) is 26.2 Å². The molecule has 0 aliphatic carbocycles. The lowest BCUT2D eigenvalue weighted by molar-refractivity contribution is 0.0693. The van der Waals surface area contributed by atoms with Gasteiger partial charge in [-0.05, 0) is 43.9 Å². The molecule has 2 fully saturated rings. The van der Waals surface area contributed by atoms with E-state index in [0.29, 0.717) is 39.0 Å². The molecule has 2 amide bonds. The maximum absolute atomic E-state index is 13.9. The van der Waals surface area contributed by atoms with Gasteiger partial charge in [0.2, 0.25) is 10.0 Å². The molecule has 33 heavy (non-hydrogen) atoms. The summed E-state index contributed by atoms with van der Waals surface area (Å²) in [5.41, 5.74) is 0.321. The number of hydrogen-bond donors (Lipinski definition) is 1. The van der Waals surface area contributed by atoms with Crippen LogP contribution in [-0.2, 0) is 17.1 Å². The van der Waals surface area contributed by atoms with E-state index in [-0.39, 0.29) is 34.0 Å². The predicted molar refractivity (Wildman–Crippen MR) is 121 cm³/mol. The molecular weight excluding hydrogens is 447 g/mol. The van der Waals surface area contributed by atoms with Crippen LogP contribution in [-0.4, -0.2) is 66.2 Å². The van der Waals surface area contributed by atoms with Crippen molar-refractivity contribution in [3.8, 4) is 0 Å². The van der Waals surface area contributed by atoms with Crippen LogP contribution in [0, 0.1) is 5.82 Å². The second kappa shape index (κ2) is 9.64. The minimum absolute atomic E-state index is 0.0474. The van der Waals surface area contributed by atoms with E-state index in [1.54, 1.807) is 24.1 Å². The molecule has 0 spiro atoms. The smallest absolute Gasteiger partial charge is 0.268 e. The largest absolute Gasteiger partial charge is 0.348 e. The first-order chi connectivity index (χ1) is 15.8. The maximum atomic E-state index is 13.9. The van der Waals surface area contributed by atoms with Gasteiger partial charge in [0.15, 0.2) is 0 Å². The SMILES string of the molecule is Cn1cc(S(=O)(=O)N2CCCCC2)cc1C(=O)NC1CCN(C(=O)c2ccccc2F)CC1. The zero-order valence-corrected chi connectivity index (χ0v) is 19.5. The van der Waals surface area contributed by atoms with E-state index in [1.807, 2.05) is 0 Å². The molecule has 1 aromatic heterocycles. The van der Waals surface area contributed by atoms with Gasteiger partial charge in [0.1, 0.15) is 16.4 Å². The van der Waals surface area contributed by atoms with Gasteiger partial charge in [-0.3, -0.25) is 9.59 Å². The lowest BCUT2D eigenvalue weighted by Gasteiger charge is -2.32. The van der Waals surface area contributed by atoms with E-state index in [9.17, 15) is 22.4 Å². The number of carbonyl (C=O) groups is 2. The number of halogens is 1. The molecule has 2 aromatic rings. The van der Waals surface area contributed by atoms with E-state index in [4.69, 9.17) is 0 Å². The number of aromatic nitrogens is 1. The summed E-state index contributed by atoms with van der Waals surface area (Å²) in [5, 5.41) is 2.95. The summed E-state index contributed by atoms with van der Waals surface area (Å²) in [7, 11) is -1.97. The summed E-state index contributed by atoms with van der Waals surface area (Å²) >= 11 is 0. The second-order valence-corrected chi connectivity index (χ2v) is 10.6. The summed E-state index contributed by atoms with van der Waals surface area (Å²) in [6.07, 6.45) is 5.27. The van der Waals surface area contributed by atoms with Crippen molar-refractivity contribution in [2.24, 2.45) is 7.05 Å². The molecule has 1 N–H and O–H groups in total. The van der Waals surface area contributed by atoms with E-state index in [2.05, 4.69) is 5.32 Å². The molecular formula is C23H29FN4O4S. The summed E-state index contributed by atoms with van der Waals surface area (Å²) in [5.74, 6) is -1.25. The number of piperidine rings is 2. The highest BCUT2D eigenvalue weighted by Crippen LogP contribution is 2.23. The second-order valence-electron chi connectivity index (χ2n) is 8.66. The van der Waals surface area contributed by atoms with Crippen LogP contribution in [0.1, 0.15) is 53.0 Å². The van der Waals surface area contributed by atoms with Crippen LogP contribution in [0.3, 0.4) is 0 Å². The molecule has 0 saturated carbocycles. The Labute approximate surface area is 193 Å². The van der Waals surface area contributed by atoms with Gasteiger partial charge in [-0.15, -0.1) is 0 Å². The van der Waals surface area contributed by atoms with Gasteiger partial charge in [0.05, 0.1) is 5.56 Å². The number of sulfonamides is 1. The Kier molecular flexibility index (Phi) is 6.85. The Bertz CT molecular complexity index is 1130. The van der Waals surface area contributed by atoms with Gasteiger partial charge in [0.25, 0.3) is 11.8 Å². The number of rotatable bonds is 5. The normalized spacial score (nSPS) is 18.3. The fourth-order valence-electron chi connectivity index (χ4n) is 4.45. The number of hydrogen-bond acceptors (Lipinski definition) is 4. The lowest BCUT2D eigenvalue weighted by Crippen LogP contribution is -2.47. The van der Waals surface area contributed by atoms with Gasteiger partial charge in [0, 0.05) is 45.5 Å². The van der Waals surface area contributed by atoms with Crippen molar-refractivity contribution >= 4 is 21.8 Å². The van der Waals surface area contributed by atoms with E-state index in [1.165, 1.54) is 33.3 Å². The van der Waals surface area contributed by atoms with Crippen molar-refractivity contribution in [3.63, 3.8) is 0 Å². The molecule has 0 unspecified atom stereocenters. The van der Waals surface area contributed by atoms with Crippen molar-refractivity contribution in [3.05, 3.63) is 53.6 Å². The highest BCUT2D eigenvalue weighted by molar-refractivity contribution is 7.89. The van der Waals surface area contributed by atoms with Gasteiger partial charge < -0.3 is 14.8 Å². The summed E-state index contributed by atoms with van der Waals surface area (Å²) in [4.78, 5) is 27.2. The van der Waals surface area contributed by atoms with Crippen molar-refractivity contribution in [1.82, 2.24) is 19.1 Å². The average Bonchev–Trinajstić information content (AvgIpc) is 3.23. The molecule has 1 aromatic carbocycles. The van der Waals surface area contributed by atoms with E-state index < -0.39 is 15.8 Å². The third kappa shape index (κ3) is 4.96. The Morgan fingerprint density at radius 3 is 2.36 bits per heavy atom. The minimum Gasteiger partial charge on any atom is -0.348 e. The molecule has 2 saturated heterocycles. The quantitative estimate of drug-likeness (QED) is 0.717. The molecule has 10 heteroatoms. The number of amides is 2. The Balaban J connectivity index is 1.37. The van der Waals surface area contributed by atoms with Crippen LogP contribution in [0.4, 0.5) is 4.39 Å². The standard InChI is InChI=1S/C23H29FN4O4S/c1-26-16-18(33(31,32)28-11-5-2-6-12-28)15-21(26)22(29)25-17-9-13-27(14-10-17)23(30)19-7-3-4-8-20(19)24/h3-4,7-8,15-17H,2,5-6,9-14H2,1H3,(H,25,29). The zero-order chi connectivity index (χ0) is 23.6. The van der Waals surface area contributed by atoms with E-state index in [0.717, 1.165) is 19.3 Å². The average molecular weight is 477 g/mol. The molecule has 0 atom stereocenters. The lowest BCUT2D eigenvalue weighted by atomic mass is 10.0. The Morgan fingerprint density at radius 1 is 1.03 bits per heavy atom. The highest BCUT2D eigenvalue weighted by atomic mass is 32.2. The first-order valence-corrected chi connectivity index (χ1v) is 12.7. The summed E-state index contributed by atoms with van der Waals surface area (Å²) in [6, 6.07) is 7.18. The van der Waals surface area contributed by atoms with Crippen LogP contribution in [0.15, 0.2) is 41.4 Å². The first kappa shape index (κ1) is 23.4. The predicted octanol–water partition coefficient (Wildman–Crippen LogP) is 2.37. The van der Waals surface area contributed by atoms with Gasteiger partial charge in [-0.1, -0.05) is 18.6 Å². The molecule has 8 nitrogen and oxygen atoms in total. The van der Waals surface area contributed by atoms with Crippen LogP contribution in [0.5, 0.6) is 0 Å². The molecule has 2 aliphatic heterocycles. The van der Waals surface area contributed by atoms with Crippen LogP contribution < -0.4 is 5.32 Å². The highest BCUT2D eigenvalue weighted by Gasteiger charge is 2.30. The fourth-order valence-corrected chi connectivity index (χ4v) is 6.04. The summed E-state index contributed by atoms with van der Waals surface area (Å²) in [6.45, 7) is 1.81. The third-order valence-electron chi connectivity index (χ3n) is 6.39. The monoisotopic (exact) mass is 476 g/mol. The van der Waals surface area contributed by atoms with Crippen LogP contribution in [0.25, 0.3) is 0 Å². The number of benzene rings is 1. The number of nitrogens with one attached hydrogen (secondary N) is 1. The Morgan fingerprint density at radius 2 is 1.70 bits per heavy atom. The minimum atomic E-state index is -3.62. The van der Waals surface area contributed by atoms with Crippen molar-refractivity contribution in [1.29, 1.82) is 0 Å². The topological polar surface area (TPSA) is 91.7 Å². The molecule has 0 bridgehead atoms. The zero-order valence-electron chi connectivity index (χ0n) is 18.7. The van der Waals surface area contributed by atoms with Gasteiger partial charge in [-0.2, -0.15) is 4.31 Å². The molecule has 3 heterocycles. The number of carbonyl (C=O) groups excluding carboxylic acids is 2. The summed E-state index contributed by atoms with van der Waals surface area (Å²) < 4.78 is 42.8. The first-order valence-electron chi connectivity index (χ1n) is 11.3. The van der Waals surface area contributed by atoms with Gasteiger partial charge >= 0.3 is 0 Å². The molecule has 178 valence electrons. The molecule has 2 aliphatic rings. The number of likely N-dealkylation sites (tertiary alicyclic amines) is 1. The Hall–Kier alpha value is -2.72. The number of nitrogens with zero attached hydrogens (tertiary/aromatic N) is 3. The molecule has 4 rings (SSSR count). The molecule has 0 radical (unpaired) electrons. The fraction of sp³-hybridized carbons (Fsp3) is 0.478. The maximum Gasteiger partial charge on any atom is 0.268 e. The number of aryl methyl sites for hydroxylation is 1. The van der Waals surface area contributed by atoms with Crippen molar-refractivity contribution in [2.45, 2.75) is 43.0 Å². The van der Waals surface area contributed by atoms with Gasteiger partial charge in [-0.25, -0.2) is 12.8 Å². The van der Waals surface area contributed by atoms with E-state index >= 15 is 0 Å². The van der Waals surface area contributed by atoms with Crippen molar-refractivity contribution < 1.29 is 22.4 Å². The van der Waals surface area contributed by atoms with Crippen LogP contribution in [0.2, 0.25) is 0 Å². The third-order valence-corrected chi connectivity index (χ3v) is 8.25. The van der Waals surface area contributed by atoms with Crippen LogP contribution >= 0.6 is 0 Å².